The van der Waals surface area contributed by atoms with Gasteiger partial charge < -0.3 is 16.0 Å². The average molecular weight is 276 g/mol. The third-order valence-electron chi connectivity index (χ3n) is 3.24. The molecule has 1 unspecified atom stereocenters. The third kappa shape index (κ3) is 3.26. The number of carbonyl (C=O) groups excluding carboxylic acids is 2. The molecule has 0 bridgehead atoms. The van der Waals surface area contributed by atoms with E-state index in [-0.39, 0.29) is 11.8 Å². The number of pyridine rings is 1. The van der Waals surface area contributed by atoms with Crippen LogP contribution in [0.2, 0.25) is 0 Å². The number of piperidine rings is 1. The van der Waals surface area contributed by atoms with E-state index >= 15 is 0 Å². The molecular formula is C14H20N4O2. The molecule has 1 saturated heterocycles. The Balaban J connectivity index is 2.14. The molecule has 0 aliphatic carbocycles. The smallest absolute Gasteiger partial charge is 0.255 e. The molecular weight excluding hydrogens is 256 g/mol. The fraction of sp³-hybridized carbons (Fsp3) is 0.500. The van der Waals surface area contributed by atoms with Crippen LogP contribution in [0.4, 0.5) is 5.69 Å². The average Bonchev–Trinajstić information content (AvgIpc) is 2.42. The number of carbonyl (C=O) groups is 2. The quantitative estimate of drug-likeness (QED) is 0.760. The van der Waals surface area contributed by atoms with Crippen molar-refractivity contribution in [1.82, 2.24) is 15.6 Å². The SMILES string of the molecule is CCNc1cc(C)ncc1C(=O)NC1CCCNC1=O. The second-order valence-corrected chi connectivity index (χ2v) is 4.86. The molecule has 2 heterocycles. The number of aromatic nitrogens is 1. The van der Waals surface area contributed by atoms with E-state index in [2.05, 4.69) is 20.9 Å². The minimum atomic E-state index is -0.452. The molecule has 1 aliphatic heterocycles. The molecule has 6 nitrogen and oxygen atoms in total. The van der Waals surface area contributed by atoms with Crippen LogP contribution in [0, 0.1) is 6.92 Å². The van der Waals surface area contributed by atoms with E-state index in [9.17, 15) is 9.59 Å². The summed E-state index contributed by atoms with van der Waals surface area (Å²) >= 11 is 0. The van der Waals surface area contributed by atoms with E-state index < -0.39 is 6.04 Å². The van der Waals surface area contributed by atoms with Gasteiger partial charge in [0.05, 0.1) is 11.3 Å². The second kappa shape index (κ2) is 6.36. The molecule has 1 aromatic heterocycles. The molecule has 20 heavy (non-hydrogen) atoms. The van der Waals surface area contributed by atoms with Gasteiger partial charge in [-0.1, -0.05) is 0 Å². The van der Waals surface area contributed by atoms with Crippen LogP contribution in [0.1, 0.15) is 35.8 Å². The van der Waals surface area contributed by atoms with Crippen LogP contribution in [0.3, 0.4) is 0 Å². The van der Waals surface area contributed by atoms with E-state index in [0.717, 1.165) is 17.8 Å². The summed E-state index contributed by atoms with van der Waals surface area (Å²) in [5, 5.41) is 8.67. The highest BCUT2D eigenvalue weighted by molar-refractivity contribution is 6.01. The zero-order valence-electron chi connectivity index (χ0n) is 11.8. The Morgan fingerprint density at radius 1 is 1.55 bits per heavy atom. The van der Waals surface area contributed by atoms with Gasteiger partial charge >= 0.3 is 0 Å². The predicted octanol–water partition coefficient (Wildman–Crippen LogP) is 0.830. The Morgan fingerprint density at radius 3 is 3.05 bits per heavy atom. The van der Waals surface area contributed by atoms with Crippen molar-refractivity contribution >= 4 is 17.5 Å². The molecule has 108 valence electrons. The Kier molecular flexibility index (Phi) is 4.55. The van der Waals surface area contributed by atoms with E-state index in [1.807, 2.05) is 19.9 Å². The molecule has 0 saturated carbocycles. The molecule has 1 atom stereocenters. The van der Waals surface area contributed by atoms with Gasteiger partial charge in [0.15, 0.2) is 0 Å². The summed E-state index contributed by atoms with van der Waals surface area (Å²) in [4.78, 5) is 28.1. The number of rotatable bonds is 4. The first-order valence-corrected chi connectivity index (χ1v) is 6.91. The summed E-state index contributed by atoms with van der Waals surface area (Å²) in [5.41, 5.74) is 2.05. The van der Waals surface area contributed by atoms with Crippen molar-refractivity contribution in [1.29, 1.82) is 0 Å². The summed E-state index contributed by atoms with van der Waals surface area (Å²) in [6.45, 7) is 5.23. The highest BCUT2D eigenvalue weighted by Crippen LogP contribution is 2.16. The number of anilines is 1. The van der Waals surface area contributed by atoms with Crippen molar-refractivity contribution in [2.24, 2.45) is 0 Å². The van der Waals surface area contributed by atoms with Gasteiger partial charge in [0, 0.05) is 25.0 Å². The molecule has 0 radical (unpaired) electrons. The van der Waals surface area contributed by atoms with Crippen molar-refractivity contribution in [2.75, 3.05) is 18.4 Å². The highest BCUT2D eigenvalue weighted by atomic mass is 16.2. The summed E-state index contributed by atoms with van der Waals surface area (Å²) in [6.07, 6.45) is 3.10. The topological polar surface area (TPSA) is 83.1 Å². The van der Waals surface area contributed by atoms with Gasteiger partial charge in [0.1, 0.15) is 6.04 Å². The normalized spacial score (nSPS) is 18.3. The summed E-state index contributed by atoms with van der Waals surface area (Å²) in [6, 6.07) is 1.38. The number of aryl methyl sites for hydroxylation is 1. The Labute approximate surface area is 118 Å². The summed E-state index contributed by atoms with van der Waals surface area (Å²) in [7, 11) is 0. The molecule has 2 amide bonds. The minimum absolute atomic E-state index is 0.116. The van der Waals surface area contributed by atoms with Crippen molar-refractivity contribution in [2.45, 2.75) is 32.7 Å². The van der Waals surface area contributed by atoms with Gasteiger partial charge in [0.25, 0.3) is 5.91 Å². The molecule has 1 aromatic rings. The van der Waals surface area contributed by atoms with Crippen molar-refractivity contribution in [3.63, 3.8) is 0 Å². The van der Waals surface area contributed by atoms with Gasteiger partial charge in [-0.05, 0) is 32.8 Å². The minimum Gasteiger partial charge on any atom is -0.385 e. The van der Waals surface area contributed by atoms with Crippen LogP contribution < -0.4 is 16.0 Å². The van der Waals surface area contributed by atoms with Gasteiger partial charge in [-0.15, -0.1) is 0 Å². The number of hydrogen-bond acceptors (Lipinski definition) is 4. The predicted molar refractivity (Wildman–Crippen MR) is 76.6 cm³/mol. The lowest BCUT2D eigenvalue weighted by molar-refractivity contribution is -0.124. The van der Waals surface area contributed by atoms with E-state index in [1.165, 1.54) is 0 Å². The maximum Gasteiger partial charge on any atom is 0.255 e. The van der Waals surface area contributed by atoms with Gasteiger partial charge in [-0.25, -0.2) is 0 Å². The van der Waals surface area contributed by atoms with Gasteiger partial charge in [0.2, 0.25) is 5.91 Å². The Hall–Kier alpha value is -2.11. The lowest BCUT2D eigenvalue weighted by atomic mass is 10.1. The van der Waals surface area contributed by atoms with Crippen molar-refractivity contribution < 1.29 is 9.59 Å². The first-order chi connectivity index (χ1) is 9.61. The standard InChI is InChI=1S/C14H20N4O2/c1-3-15-12-7-9(2)17-8-10(12)13(19)18-11-5-4-6-16-14(11)20/h7-8,11H,3-6H2,1-2H3,(H,15,17)(H,16,20)(H,18,19). The molecule has 0 spiro atoms. The highest BCUT2D eigenvalue weighted by Gasteiger charge is 2.25. The fourth-order valence-corrected chi connectivity index (χ4v) is 2.22. The van der Waals surface area contributed by atoms with E-state index in [4.69, 9.17) is 0 Å². The number of amides is 2. The first-order valence-electron chi connectivity index (χ1n) is 6.91. The molecule has 1 fully saturated rings. The van der Waals surface area contributed by atoms with Crippen LogP contribution in [0.15, 0.2) is 12.3 Å². The van der Waals surface area contributed by atoms with Crippen LogP contribution in [-0.2, 0) is 4.79 Å². The summed E-state index contributed by atoms with van der Waals surface area (Å²) in [5.74, 6) is -0.384. The maximum atomic E-state index is 12.3. The lowest BCUT2D eigenvalue weighted by Gasteiger charge is -2.23. The molecule has 0 aromatic carbocycles. The van der Waals surface area contributed by atoms with Crippen LogP contribution in [-0.4, -0.2) is 35.9 Å². The van der Waals surface area contributed by atoms with Gasteiger partial charge in [-0.3, -0.25) is 14.6 Å². The Morgan fingerprint density at radius 2 is 2.35 bits per heavy atom. The first kappa shape index (κ1) is 14.3. The second-order valence-electron chi connectivity index (χ2n) is 4.86. The molecule has 1 aliphatic rings. The third-order valence-corrected chi connectivity index (χ3v) is 3.24. The number of nitrogens with one attached hydrogen (secondary N) is 3. The zero-order valence-corrected chi connectivity index (χ0v) is 11.8. The molecule has 6 heteroatoms. The number of hydrogen-bond donors (Lipinski definition) is 3. The molecule has 2 rings (SSSR count). The van der Waals surface area contributed by atoms with Crippen molar-refractivity contribution in [3.05, 3.63) is 23.5 Å². The lowest BCUT2D eigenvalue weighted by Crippen LogP contribution is -2.50. The summed E-state index contributed by atoms with van der Waals surface area (Å²) < 4.78 is 0. The largest absolute Gasteiger partial charge is 0.385 e. The van der Waals surface area contributed by atoms with Crippen LogP contribution in [0.5, 0.6) is 0 Å². The maximum absolute atomic E-state index is 12.3. The monoisotopic (exact) mass is 276 g/mol. The van der Waals surface area contributed by atoms with E-state index in [1.54, 1.807) is 6.20 Å². The van der Waals surface area contributed by atoms with Gasteiger partial charge in [-0.2, -0.15) is 0 Å². The van der Waals surface area contributed by atoms with Crippen LogP contribution in [0.25, 0.3) is 0 Å². The van der Waals surface area contributed by atoms with Crippen molar-refractivity contribution in [3.8, 4) is 0 Å². The Bertz CT molecular complexity index is 516. The number of nitrogens with zero attached hydrogens (tertiary/aromatic N) is 1. The van der Waals surface area contributed by atoms with Crippen LogP contribution >= 0.6 is 0 Å². The van der Waals surface area contributed by atoms with E-state index in [0.29, 0.717) is 25.1 Å². The fourth-order valence-electron chi connectivity index (χ4n) is 2.22. The zero-order chi connectivity index (χ0) is 14.5. The molecule has 3 N–H and O–H groups in total.